The van der Waals surface area contributed by atoms with Crippen LogP contribution in [0, 0.1) is 12.8 Å². The Morgan fingerprint density at radius 3 is 2.32 bits per heavy atom. The predicted molar refractivity (Wildman–Crippen MR) is 181 cm³/mol. The molecule has 4 heterocycles. The molecule has 0 aliphatic carbocycles. The van der Waals surface area contributed by atoms with Gasteiger partial charge in [-0.3, -0.25) is 14.4 Å². The minimum absolute atomic E-state index is 0.0152. The van der Waals surface area contributed by atoms with Crippen molar-refractivity contribution < 1.29 is 32.5 Å². The molecule has 0 bridgehead atoms. The molecular weight excluding hydrogens is 675 g/mol. The van der Waals surface area contributed by atoms with Crippen LogP contribution in [-0.2, 0) is 18.0 Å². The van der Waals surface area contributed by atoms with E-state index in [0.717, 1.165) is 29.6 Å². The Balaban J connectivity index is 1.26. The lowest BCUT2D eigenvalue weighted by atomic mass is 10.00. The van der Waals surface area contributed by atoms with Crippen molar-refractivity contribution in [1.29, 1.82) is 0 Å². The van der Waals surface area contributed by atoms with Gasteiger partial charge in [0.05, 0.1) is 48.7 Å². The van der Waals surface area contributed by atoms with Gasteiger partial charge in [0.1, 0.15) is 0 Å². The summed E-state index contributed by atoms with van der Waals surface area (Å²) in [6.45, 7) is 6.33. The van der Waals surface area contributed by atoms with Crippen molar-refractivity contribution in [3.05, 3.63) is 76.6 Å². The second-order valence-electron chi connectivity index (χ2n) is 12.7. The first-order valence-corrected chi connectivity index (χ1v) is 16.7. The number of nitrogens with one attached hydrogen (secondary N) is 2. The smallest absolute Gasteiger partial charge is 0.340 e. The molecule has 0 spiro atoms. The number of nitrogens with zero attached hydrogens (tertiary/aromatic N) is 7. The second-order valence-corrected chi connectivity index (χ2v) is 13.1. The van der Waals surface area contributed by atoms with Gasteiger partial charge < -0.3 is 24.6 Å². The molecule has 50 heavy (non-hydrogen) atoms. The molecule has 1 aliphatic heterocycles. The topological polar surface area (TPSA) is 123 Å². The van der Waals surface area contributed by atoms with Crippen LogP contribution in [0.5, 0.6) is 0 Å². The Bertz CT molecular complexity index is 1860. The molecule has 1 unspecified atom stereocenters. The number of aryl methyl sites for hydroxylation is 1. The van der Waals surface area contributed by atoms with E-state index in [0.29, 0.717) is 26.2 Å². The molecule has 1 fully saturated rings. The fourth-order valence-electron chi connectivity index (χ4n) is 5.83. The van der Waals surface area contributed by atoms with Gasteiger partial charge in [-0.05, 0) is 43.2 Å². The minimum Gasteiger partial charge on any atom is -0.340 e. The SMILES string of the molecule is CCC(CC[NH+](C)C)C(=O)N1CCN(C(=O)c2ccc(NC(=O)c3ncc(-c4cn(-c5ccc(C)cn5)nc4C(F)(F)F)n3C)cc2Cl)CC1. The number of halogens is 4. The van der Waals surface area contributed by atoms with Gasteiger partial charge >= 0.3 is 6.18 Å². The average molecular weight is 715 g/mol. The van der Waals surface area contributed by atoms with Crippen LogP contribution in [0.3, 0.4) is 0 Å². The third kappa shape index (κ3) is 7.99. The summed E-state index contributed by atoms with van der Waals surface area (Å²) in [5, 5.41) is 6.50. The van der Waals surface area contributed by atoms with Gasteiger partial charge in [-0.2, -0.15) is 18.3 Å². The zero-order chi connectivity index (χ0) is 36.3. The molecule has 5 rings (SSSR count). The number of aromatic nitrogens is 5. The highest BCUT2D eigenvalue weighted by Gasteiger charge is 2.39. The van der Waals surface area contributed by atoms with E-state index in [2.05, 4.69) is 34.5 Å². The molecule has 1 atom stereocenters. The Labute approximate surface area is 292 Å². The van der Waals surface area contributed by atoms with Crippen molar-refractivity contribution >= 4 is 35.0 Å². The fraction of sp³-hybridized carbons (Fsp3) is 0.412. The number of carbonyl (C=O) groups excluding carboxylic acids is 3. The van der Waals surface area contributed by atoms with E-state index in [1.165, 1.54) is 53.3 Å². The number of hydrogen-bond acceptors (Lipinski definition) is 6. The summed E-state index contributed by atoms with van der Waals surface area (Å²) in [5.74, 6) is -0.882. The lowest BCUT2D eigenvalue weighted by Crippen LogP contribution is -3.05. The Morgan fingerprint density at radius 1 is 1.02 bits per heavy atom. The van der Waals surface area contributed by atoms with Crippen LogP contribution in [0.4, 0.5) is 18.9 Å². The number of amides is 3. The van der Waals surface area contributed by atoms with Crippen molar-refractivity contribution in [3.8, 4) is 17.1 Å². The summed E-state index contributed by atoms with van der Waals surface area (Å²) in [6, 6.07) is 7.70. The number of quaternary nitrogens is 1. The second kappa shape index (κ2) is 15.0. The van der Waals surface area contributed by atoms with Gasteiger partial charge in [-0.15, -0.1) is 0 Å². The quantitative estimate of drug-likeness (QED) is 0.258. The Morgan fingerprint density at radius 2 is 1.72 bits per heavy atom. The van der Waals surface area contributed by atoms with Crippen LogP contribution in [0.15, 0.2) is 48.9 Å². The summed E-state index contributed by atoms with van der Waals surface area (Å²) in [6.07, 6.45) is 0.677. The van der Waals surface area contributed by atoms with E-state index >= 15 is 0 Å². The lowest BCUT2D eigenvalue weighted by molar-refractivity contribution is -0.858. The van der Waals surface area contributed by atoms with Gasteiger partial charge in [0, 0.05) is 63.6 Å². The first-order valence-electron chi connectivity index (χ1n) is 16.3. The Hall–Kier alpha value is -4.76. The molecule has 1 aromatic carbocycles. The third-order valence-corrected chi connectivity index (χ3v) is 9.06. The first kappa shape index (κ1) is 36.5. The number of hydrogen-bond donors (Lipinski definition) is 2. The van der Waals surface area contributed by atoms with Gasteiger partial charge in [-0.1, -0.05) is 24.6 Å². The molecule has 3 amide bonds. The van der Waals surface area contributed by atoms with Crippen LogP contribution in [-0.4, -0.2) is 98.7 Å². The summed E-state index contributed by atoms with van der Waals surface area (Å²) in [7, 11) is 5.55. The van der Waals surface area contributed by atoms with Crippen molar-refractivity contribution in [2.45, 2.75) is 32.9 Å². The number of rotatable bonds is 10. The molecule has 0 saturated carbocycles. The number of benzene rings is 1. The van der Waals surface area contributed by atoms with Crippen LogP contribution < -0.4 is 10.2 Å². The van der Waals surface area contributed by atoms with Gasteiger partial charge in [0.25, 0.3) is 11.8 Å². The number of anilines is 1. The average Bonchev–Trinajstić information content (AvgIpc) is 3.69. The molecule has 1 aliphatic rings. The highest BCUT2D eigenvalue weighted by atomic mass is 35.5. The normalized spacial score (nSPS) is 14.3. The van der Waals surface area contributed by atoms with E-state index in [9.17, 15) is 27.6 Å². The summed E-state index contributed by atoms with van der Waals surface area (Å²) in [4.78, 5) is 52.7. The molecule has 0 radical (unpaired) electrons. The van der Waals surface area contributed by atoms with Crippen LogP contribution >= 0.6 is 11.6 Å². The predicted octanol–water partition coefficient (Wildman–Crippen LogP) is 3.75. The van der Waals surface area contributed by atoms with Crippen LogP contribution in [0.2, 0.25) is 5.02 Å². The molecule has 16 heteroatoms. The molecule has 2 N–H and O–H groups in total. The Kier molecular flexibility index (Phi) is 11.0. The maximum absolute atomic E-state index is 14.0. The molecule has 266 valence electrons. The van der Waals surface area contributed by atoms with Gasteiger partial charge in [0.15, 0.2) is 17.3 Å². The lowest BCUT2D eigenvalue weighted by Gasteiger charge is -2.36. The standard InChI is InChI=1S/C34H39ClF3N9O3/c1-6-22(11-12-43(3)4)32(49)45-13-15-46(16-14-45)33(50)24-9-8-23(17-26(24)35)41-31(48)30-40-19-27(44(30)5)25-20-47(42-29(25)34(36,37)38)28-10-7-21(2)18-39-28/h7-10,17-20,22H,6,11-16H2,1-5H3,(H,41,48)/p+1. The van der Waals surface area contributed by atoms with E-state index in [1.54, 1.807) is 24.0 Å². The number of carbonyl (C=O) groups is 3. The molecule has 1 saturated heterocycles. The van der Waals surface area contributed by atoms with Gasteiger partial charge in [-0.25, -0.2) is 14.6 Å². The summed E-state index contributed by atoms with van der Waals surface area (Å²) in [5.41, 5.74) is -0.0793. The van der Waals surface area contributed by atoms with Crippen LogP contribution in [0.1, 0.15) is 52.0 Å². The first-order chi connectivity index (χ1) is 23.7. The largest absolute Gasteiger partial charge is 0.435 e. The molecule has 12 nitrogen and oxygen atoms in total. The summed E-state index contributed by atoms with van der Waals surface area (Å²) >= 11 is 6.50. The van der Waals surface area contributed by atoms with E-state index in [4.69, 9.17) is 11.6 Å². The maximum Gasteiger partial charge on any atom is 0.435 e. The maximum atomic E-state index is 14.0. The third-order valence-electron chi connectivity index (χ3n) is 8.75. The highest BCUT2D eigenvalue weighted by molar-refractivity contribution is 6.34. The van der Waals surface area contributed by atoms with Crippen molar-refractivity contribution in [2.75, 3.05) is 52.1 Å². The van der Waals surface area contributed by atoms with E-state index in [-0.39, 0.29) is 56.9 Å². The minimum atomic E-state index is -4.79. The summed E-state index contributed by atoms with van der Waals surface area (Å²) < 4.78 is 44.4. The zero-order valence-corrected chi connectivity index (χ0v) is 29.3. The highest BCUT2D eigenvalue weighted by Crippen LogP contribution is 2.37. The van der Waals surface area contributed by atoms with Crippen molar-refractivity contribution in [2.24, 2.45) is 13.0 Å². The zero-order valence-electron chi connectivity index (χ0n) is 28.5. The van der Waals surface area contributed by atoms with Crippen molar-refractivity contribution in [3.63, 3.8) is 0 Å². The monoisotopic (exact) mass is 714 g/mol. The fourth-order valence-corrected chi connectivity index (χ4v) is 6.09. The molecule has 3 aromatic heterocycles. The molecule has 4 aromatic rings. The number of imidazole rings is 1. The van der Waals surface area contributed by atoms with E-state index < -0.39 is 17.8 Å². The number of alkyl halides is 3. The number of piperazine rings is 1. The van der Waals surface area contributed by atoms with Crippen LogP contribution in [0.25, 0.3) is 17.1 Å². The van der Waals surface area contributed by atoms with E-state index in [1.807, 2.05) is 11.8 Å². The number of pyridine rings is 1. The van der Waals surface area contributed by atoms with Crippen molar-refractivity contribution in [1.82, 2.24) is 34.1 Å². The molecular formula is C34H40ClF3N9O3+. The van der Waals surface area contributed by atoms with Gasteiger partial charge in [0.2, 0.25) is 5.91 Å².